The Morgan fingerprint density at radius 1 is 1.21 bits per heavy atom. The van der Waals surface area contributed by atoms with E-state index in [9.17, 15) is 22.4 Å². The molecule has 0 N–H and O–H groups in total. The van der Waals surface area contributed by atoms with Gasteiger partial charge in [0.1, 0.15) is 5.82 Å². The van der Waals surface area contributed by atoms with Gasteiger partial charge in [-0.3, -0.25) is 9.59 Å². The summed E-state index contributed by atoms with van der Waals surface area (Å²) in [6, 6.07) is 5.46. The molecule has 0 spiro atoms. The number of carbonyl (C=O) groups is 2. The van der Waals surface area contributed by atoms with E-state index in [-0.39, 0.29) is 17.3 Å². The number of amides is 1. The van der Waals surface area contributed by atoms with Crippen LogP contribution in [0.4, 0.5) is 4.39 Å². The van der Waals surface area contributed by atoms with Crippen LogP contribution >= 0.6 is 0 Å². The number of nitrogens with zero attached hydrogens (tertiary/aromatic N) is 1. The molecule has 2 atom stereocenters. The third-order valence-electron chi connectivity index (χ3n) is 5.98. The summed E-state index contributed by atoms with van der Waals surface area (Å²) in [6.45, 7) is 1.51. The quantitative estimate of drug-likeness (QED) is 0.694. The normalized spacial score (nSPS) is 23.9. The van der Waals surface area contributed by atoms with E-state index in [0.717, 1.165) is 12.8 Å². The number of ether oxygens (including phenoxy) is 1. The average Bonchev–Trinajstić information content (AvgIpc) is 3.28. The lowest BCUT2D eigenvalue weighted by Crippen LogP contribution is -2.46. The summed E-state index contributed by atoms with van der Waals surface area (Å²) >= 11 is 0. The van der Waals surface area contributed by atoms with E-state index >= 15 is 0 Å². The van der Waals surface area contributed by atoms with Gasteiger partial charge in [0.05, 0.1) is 16.9 Å². The van der Waals surface area contributed by atoms with Crippen molar-refractivity contribution in [1.82, 2.24) is 4.90 Å². The van der Waals surface area contributed by atoms with E-state index < -0.39 is 39.3 Å². The predicted molar refractivity (Wildman–Crippen MR) is 102 cm³/mol. The molecule has 0 unspecified atom stereocenters. The molecular weight excluding hydrogens is 385 g/mol. The second kappa shape index (κ2) is 7.81. The van der Waals surface area contributed by atoms with Crippen molar-refractivity contribution in [3.05, 3.63) is 35.6 Å². The maximum Gasteiger partial charge on any atom is 0.317 e. The molecule has 154 valence electrons. The van der Waals surface area contributed by atoms with Crippen LogP contribution in [-0.2, 0) is 29.6 Å². The molecule has 0 radical (unpaired) electrons. The number of sulfone groups is 1. The molecule has 1 aromatic carbocycles. The van der Waals surface area contributed by atoms with Gasteiger partial charge in [0, 0.05) is 13.1 Å². The second-order valence-electron chi connectivity index (χ2n) is 7.85. The van der Waals surface area contributed by atoms with Crippen LogP contribution in [-0.4, -0.2) is 55.9 Å². The molecule has 2 aliphatic rings. The monoisotopic (exact) mass is 411 g/mol. The number of benzene rings is 1. The van der Waals surface area contributed by atoms with Crippen molar-refractivity contribution in [2.75, 3.05) is 18.6 Å². The van der Waals surface area contributed by atoms with Crippen molar-refractivity contribution < 1.29 is 27.1 Å². The first-order valence-electron chi connectivity index (χ1n) is 9.59. The average molecular weight is 411 g/mol. The summed E-state index contributed by atoms with van der Waals surface area (Å²) in [7, 11) is -1.57. The van der Waals surface area contributed by atoms with Gasteiger partial charge < -0.3 is 9.64 Å². The highest BCUT2D eigenvalue weighted by molar-refractivity contribution is 7.91. The Morgan fingerprint density at radius 3 is 2.36 bits per heavy atom. The lowest BCUT2D eigenvalue weighted by Gasteiger charge is -2.31. The maximum atomic E-state index is 13.3. The van der Waals surface area contributed by atoms with Crippen molar-refractivity contribution in [1.29, 1.82) is 0 Å². The van der Waals surface area contributed by atoms with Crippen LogP contribution < -0.4 is 0 Å². The second-order valence-corrected chi connectivity index (χ2v) is 10.1. The number of likely N-dealkylation sites (N-methyl/N-ethyl adjacent to an activating group) is 1. The molecule has 1 saturated carbocycles. The summed E-state index contributed by atoms with van der Waals surface area (Å²) in [6.07, 6.45) is 2.27. The minimum Gasteiger partial charge on any atom is -0.452 e. The Hall–Kier alpha value is -1.96. The standard InChI is InChI=1S/C20H26FNO5S/c1-14(18(23)22(2)17-9-12-28(25,26)13-17)27-19(24)20(10-3-4-11-20)15-5-7-16(21)8-6-15/h5-8,14,17H,3-4,9-13H2,1-2H3/t14-,17-/m1/s1. The van der Waals surface area contributed by atoms with E-state index in [1.165, 1.54) is 24.0 Å². The van der Waals surface area contributed by atoms with Crippen LogP contribution in [0, 0.1) is 5.82 Å². The van der Waals surface area contributed by atoms with E-state index in [1.807, 2.05) is 0 Å². The van der Waals surface area contributed by atoms with E-state index in [4.69, 9.17) is 4.74 Å². The predicted octanol–water partition coefficient (Wildman–Crippen LogP) is 2.21. The van der Waals surface area contributed by atoms with Crippen LogP contribution in [0.5, 0.6) is 0 Å². The summed E-state index contributed by atoms with van der Waals surface area (Å²) in [5.41, 5.74) is -0.163. The Kier molecular flexibility index (Phi) is 5.79. The largest absolute Gasteiger partial charge is 0.452 e. The first-order valence-corrected chi connectivity index (χ1v) is 11.4. The molecule has 28 heavy (non-hydrogen) atoms. The summed E-state index contributed by atoms with van der Waals surface area (Å²) in [5, 5.41) is 0. The van der Waals surface area contributed by atoms with Gasteiger partial charge in [0.2, 0.25) is 0 Å². The zero-order valence-electron chi connectivity index (χ0n) is 16.2. The summed E-state index contributed by atoms with van der Waals surface area (Å²) in [5.74, 6) is -1.26. The third-order valence-corrected chi connectivity index (χ3v) is 7.73. The minimum atomic E-state index is -3.12. The van der Waals surface area contributed by atoms with Gasteiger partial charge in [-0.1, -0.05) is 25.0 Å². The highest BCUT2D eigenvalue weighted by Gasteiger charge is 2.45. The molecule has 0 bridgehead atoms. The van der Waals surface area contributed by atoms with Crippen LogP contribution in [0.25, 0.3) is 0 Å². The van der Waals surface area contributed by atoms with Crippen LogP contribution in [0.2, 0.25) is 0 Å². The summed E-state index contributed by atoms with van der Waals surface area (Å²) in [4.78, 5) is 27.1. The molecule has 2 fully saturated rings. The number of hydrogen-bond acceptors (Lipinski definition) is 5. The lowest BCUT2D eigenvalue weighted by molar-refractivity contribution is -0.164. The van der Waals surface area contributed by atoms with Crippen LogP contribution in [0.3, 0.4) is 0 Å². The number of rotatable bonds is 5. The lowest BCUT2D eigenvalue weighted by atomic mass is 9.79. The molecule has 8 heteroatoms. The molecule has 1 saturated heterocycles. The van der Waals surface area contributed by atoms with E-state index in [1.54, 1.807) is 19.2 Å². The minimum absolute atomic E-state index is 0.0601. The zero-order chi connectivity index (χ0) is 20.5. The Bertz CT molecular complexity index is 846. The zero-order valence-corrected chi connectivity index (χ0v) is 17.0. The SMILES string of the molecule is C[C@@H](OC(=O)C1(c2ccc(F)cc2)CCCC1)C(=O)N(C)[C@@H]1CCS(=O)(=O)C1. The van der Waals surface area contributed by atoms with E-state index in [2.05, 4.69) is 0 Å². The molecular formula is C20H26FNO5S. The number of carbonyl (C=O) groups excluding carboxylic acids is 2. The highest BCUT2D eigenvalue weighted by Crippen LogP contribution is 2.42. The van der Waals surface area contributed by atoms with Gasteiger partial charge in [-0.05, 0) is 43.9 Å². The topological polar surface area (TPSA) is 80.8 Å². The van der Waals surface area contributed by atoms with Crippen molar-refractivity contribution in [3.8, 4) is 0 Å². The molecule has 1 aliphatic carbocycles. The maximum absolute atomic E-state index is 13.3. The van der Waals surface area contributed by atoms with Gasteiger partial charge in [0.15, 0.2) is 15.9 Å². The van der Waals surface area contributed by atoms with Crippen molar-refractivity contribution in [3.63, 3.8) is 0 Å². The van der Waals surface area contributed by atoms with Gasteiger partial charge in [-0.25, -0.2) is 12.8 Å². The summed E-state index contributed by atoms with van der Waals surface area (Å²) < 4.78 is 42.2. The molecule has 6 nitrogen and oxygen atoms in total. The van der Waals surface area contributed by atoms with Gasteiger partial charge >= 0.3 is 5.97 Å². The van der Waals surface area contributed by atoms with Crippen molar-refractivity contribution in [2.45, 2.75) is 56.6 Å². The molecule has 1 aromatic rings. The van der Waals surface area contributed by atoms with Crippen LogP contribution in [0.15, 0.2) is 24.3 Å². The Morgan fingerprint density at radius 2 is 1.82 bits per heavy atom. The first-order chi connectivity index (χ1) is 13.1. The Balaban J connectivity index is 1.71. The molecule has 1 amide bonds. The number of esters is 1. The fourth-order valence-electron chi connectivity index (χ4n) is 4.23. The fraction of sp³-hybridized carbons (Fsp3) is 0.600. The van der Waals surface area contributed by atoms with Crippen LogP contribution in [0.1, 0.15) is 44.6 Å². The number of halogens is 1. The molecule has 3 rings (SSSR count). The van der Waals surface area contributed by atoms with Crippen molar-refractivity contribution >= 4 is 21.7 Å². The Labute approximate surface area is 165 Å². The number of hydrogen-bond donors (Lipinski definition) is 0. The van der Waals surface area contributed by atoms with Gasteiger partial charge in [-0.15, -0.1) is 0 Å². The van der Waals surface area contributed by atoms with Gasteiger partial charge in [-0.2, -0.15) is 0 Å². The fourth-order valence-corrected chi connectivity index (χ4v) is 6.00. The molecule has 1 aliphatic heterocycles. The molecule has 0 aromatic heterocycles. The van der Waals surface area contributed by atoms with Crippen molar-refractivity contribution in [2.24, 2.45) is 0 Å². The van der Waals surface area contributed by atoms with E-state index in [0.29, 0.717) is 24.8 Å². The smallest absolute Gasteiger partial charge is 0.317 e. The third kappa shape index (κ3) is 4.06. The highest BCUT2D eigenvalue weighted by atomic mass is 32.2. The first kappa shape index (κ1) is 20.8. The van der Waals surface area contributed by atoms with Gasteiger partial charge in [0.25, 0.3) is 5.91 Å². The molecule has 1 heterocycles.